The van der Waals surface area contributed by atoms with E-state index in [2.05, 4.69) is 36.8 Å². The molecule has 72 valence electrons. The summed E-state index contributed by atoms with van der Waals surface area (Å²) in [5.74, 6) is 0. The Morgan fingerprint density at radius 2 is 2.15 bits per heavy atom. The summed E-state index contributed by atoms with van der Waals surface area (Å²) in [5, 5.41) is 0.409. The average Bonchev–Trinajstić information content (AvgIpc) is 2.09. The van der Waals surface area contributed by atoms with Gasteiger partial charge in [0.15, 0.2) is 0 Å². The number of pyridine rings is 1. The van der Waals surface area contributed by atoms with Gasteiger partial charge in [0.05, 0.1) is 10.0 Å². The van der Waals surface area contributed by atoms with Crippen LogP contribution in [0.15, 0.2) is 15.5 Å². The Morgan fingerprint density at radius 1 is 1.54 bits per heavy atom. The van der Waals surface area contributed by atoms with Gasteiger partial charge in [0.2, 0.25) is 5.43 Å². The van der Waals surface area contributed by atoms with Crippen molar-refractivity contribution in [1.82, 2.24) is 4.98 Å². The normalized spacial score (nSPS) is 10.8. The van der Waals surface area contributed by atoms with Gasteiger partial charge in [-0.1, -0.05) is 15.9 Å². The first kappa shape index (κ1) is 10.8. The van der Waals surface area contributed by atoms with Gasteiger partial charge < -0.3 is 4.98 Å². The molecule has 1 aromatic heterocycles. The molecular formula is C7H5Br2F2NO. The number of hydrogen-bond donors (Lipinski definition) is 1. The van der Waals surface area contributed by atoms with Gasteiger partial charge >= 0.3 is 0 Å². The maximum absolute atomic E-state index is 12.2. The van der Waals surface area contributed by atoms with E-state index >= 15 is 0 Å². The summed E-state index contributed by atoms with van der Waals surface area (Å²) in [4.78, 5) is 13.8. The van der Waals surface area contributed by atoms with Crippen LogP contribution in [0.5, 0.6) is 0 Å². The molecule has 0 aliphatic heterocycles. The molecule has 0 bridgehead atoms. The second-order valence-corrected chi connectivity index (χ2v) is 3.65. The van der Waals surface area contributed by atoms with Crippen molar-refractivity contribution < 1.29 is 8.78 Å². The topological polar surface area (TPSA) is 32.9 Å². The minimum absolute atomic E-state index is 0.155. The lowest BCUT2D eigenvalue weighted by Gasteiger charge is -2.03. The number of rotatable bonds is 2. The molecule has 1 heterocycles. The van der Waals surface area contributed by atoms with E-state index in [1.165, 1.54) is 0 Å². The van der Waals surface area contributed by atoms with E-state index in [0.29, 0.717) is 11.0 Å². The van der Waals surface area contributed by atoms with Gasteiger partial charge in [-0.2, -0.15) is 0 Å². The predicted molar refractivity (Wildman–Crippen MR) is 52.4 cm³/mol. The van der Waals surface area contributed by atoms with Crippen molar-refractivity contribution in [2.24, 2.45) is 0 Å². The van der Waals surface area contributed by atoms with E-state index in [9.17, 15) is 13.6 Å². The molecular weight excluding hydrogens is 312 g/mol. The summed E-state index contributed by atoms with van der Waals surface area (Å²) >= 11 is 6.07. The Morgan fingerprint density at radius 3 is 2.62 bits per heavy atom. The van der Waals surface area contributed by atoms with Gasteiger partial charge in [0, 0.05) is 17.2 Å². The van der Waals surface area contributed by atoms with Crippen molar-refractivity contribution in [3.8, 4) is 0 Å². The maximum atomic E-state index is 12.2. The second-order valence-electron chi connectivity index (χ2n) is 2.30. The molecule has 1 N–H and O–H groups in total. The fraction of sp³-hybridized carbons (Fsp3) is 0.286. The molecule has 13 heavy (non-hydrogen) atoms. The number of aromatic nitrogens is 1. The largest absolute Gasteiger partial charge is 0.363 e. The van der Waals surface area contributed by atoms with E-state index in [1.807, 2.05) is 0 Å². The van der Waals surface area contributed by atoms with E-state index in [0.717, 1.165) is 6.20 Å². The van der Waals surface area contributed by atoms with Crippen LogP contribution in [0.2, 0.25) is 0 Å². The molecule has 0 saturated carbocycles. The van der Waals surface area contributed by atoms with Crippen molar-refractivity contribution in [3.63, 3.8) is 0 Å². The third-order valence-corrected chi connectivity index (χ3v) is 2.90. The van der Waals surface area contributed by atoms with Crippen LogP contribution in [0, 0.1) is 0 Å². The highest BCUT2D eigenvalue weighted by Gasteiger charge is 2.15. The molecule has 0 aliphatic rings. The first-order valence-electron chi connectivity index (χ1n) is 3.32. The lowest BCUT2D eigenvalue weighted by atomic mass is 10.2. The fourth-order valence-corrected chi connectivity index (χ4v) is 2.12. The summed E-state index contributed by atoms with van der Waals surface area (Å²) in [6.45, 7) is 0. The van der Waals surface area contributed by atoms with Crippen molar-refractivity contribution in [2.45, 2.75) is 11.8 Å². The van der Waals surface area contributed by atoms with E-state index < -0.39 is 17.4 Å². The molecule has 0 fully saturated rings. The molecule has 1 aromatic rings. The van der Waals surface area contributed by atoms with Crippen LogP contribution in [0.25, 0.3) is 0 Å². The number of hydrogen-bond acceptors (Lipinski definition) is 1. The van der Waals surface area contributed by atoms with Crippen LogP contribution in [-0.2, 0) is 5.33 Å². The molecule has 0 spiro atoms. The quantitative estimate of drug-likeness (QED) is 0.836. The van der Waals surface area contributed by atoms with Gasteiger partial charge in [-0.3, -0.25) is 4.79 Å². The standard InChI is InChI=1S/C7H5Br2F2NO/c8-1-4-5(9)6(13)3(2-12-4)7(10)11/h2,7H,1H2,(H,12,13). The lowest BCUT2D eigenvalue weighted by molar-refractivity contribution is 0.149. The van der Waals surface area contributed by atoms with Gasteiger partial charge in [0.25, 0.3) is 6.43 Å². The highest BCUT2D eigenvalue weighted by atomic mass is 79.9. The van der Waals surface area contributed by atoms with Gasteiger partial charge in [-0.15, -0.1) is 0 Å². The third-order valence-electron chi connectivity index (χ3n) is 1.50. The summed E-state index contributed by atoms with van der Waals surface area (Å²) in [7, 11) is 0. The van der Waals surface area contributed by atoms with E-state index in [1.54, 1.807) is 0 Å². The fourth-order valence-electron chi connectivity index (χ4n) is 0.817. The maximum Gasteiger partial charge on any atom is 0.269 e. The molecule has 0 aromatic carbocycles. The first-order chi connectivity index (χ1) is 6.07. The molecule has 0 saturated heterocycles. The molecule has 6 heteroatoms. The predicted octanol–water partition coefficient (Wildman–Crippen LogP) is 2.97. The Kier molecular flexibility index (Phi) is 3.61. The summed E-state index contributed by atoms with van der Waals surface area (Å²) in [6, 6.07) is 0. The van der Waals surface area contributed by atoms with Crippen LogP contribution in [0.1, 0.15) is 17.7 Å². The highest BCUT2D eigenvalue weighted by molar-refractivity contribution is 9.10. The molecule has 0 atom stereocenters. The van der Waals surface area contributed by atoms with Crippen LogP contribution < -0.4 is 5.43 Å². The molecule has 2 nitrogen and oxygen atoms in total. The Bertz CT molecular complexity index is 364. The van der Waals surface area contributed by atoms with Crippen molar-refractivity contribution in [3.05, 3.63) is 32.2 Å². The third kappa shape index (κ3) is 2.17. The first-order valence-corrected chi connectivity index (χ1v) is 5.23. The molecule has 0 amide bonds. The van der Waals surface area contributed by atoms with E-state index in [-0.39, 0.29) is 4.47 Å². The van der Waals surface area contributed by atoms with Gasteiger partial charge in [0.1, 0.15) is 0 Å². The number of nitrogens with one attached hydrogen (secondary N) is 1. The Balaban J connectivity index is 3.32. The zero-order valence-electron chi connectivity index (χ0n) is 6.28. The van der Waals surface area contributed by atoms with Crippen LogP contribution in [-0.4, -0.2) is 4.98 Å². The van der Waals surface area contributed by atoms with Crippen molar-refractivity contribution in [2.75, 3.05) is 0 Å². The zero-order chi connectivity index (χ0) is 10.0. The Labute approximate surface area is 89.6 Å². The molecule has 1 rings (SSSR count). The minimum Gasteiger partial charge on any atom is -0.363 e. The minimum atomic E-state index is -2.75. The number of H-pyrrole nitrogens is 1. The molecule has 0 aliphatic carbocycles. The molecule has 0 radical (unpaired) electrons. The number of halogens is 4. The summed E-state index contributed by atoms with van der Waals surface area (Å²) < 4.78 is 24.5. The number of alkyl halides is 3. The van der Waals surface area contributed by atoms with Crippen molar-refractivity contribution >= 4 is 31.9 Å². The smallest absolute Gasteiger partial charge is 0.269 e. The van der Waals surface area contributed by atoms with Crippen LogP contribution in [0.3, 0.4) is 0 Å². The molecule has 0 unspecified atom stereocenters. The van der Waals surface area contributed by atoms with E-state index in [4.69, 9.17) is 0 Å². The highest BCUT2D eigenvalue weighted by Crippen LogP contribution is 2.19. The SMILES string of the molecule is O=c1c(C(F)F)c[nH]c(CBr)c1Br. The van der Waals surface area contributed by atoms with Crippen LogP contribution in [0.4, 0.5) is 8.78 Å². The lowest BCUT2D eigenvalue weighted by Crippen LogP contribution is -2.13. The monoisotopic (exact) mass is 315 g/mol. The summed E-state index contributed by atoms with van der Waals surface area (Å²) in [6.07, 6.45) is -1.71. The van der Waals surface area contributed by atoms with Crippen molar-refractivity contribution in [1.29, 1.82) is 0 Å². The number of aromatic amines is 1. The summed E-state index contributed by atoms with van der Waals surface area (Å²) in [5.41, 5.74) is -0.630. The van der Waals surface area contributed by atoms with Gasteiger partial charge in [-0.05, 0) is 15.9 Å². The average molecular weight is 317 g/mol. The second kappa shape index (κ2) is 4.32. The Hall–Kier alpha value is -0.230. The van der Waals surface area contributed by atoms with Crippen LogP contribution >= 0.6 is 31.9 Å². The van der Waals surface area contributed by atoms with Gasteiger partial charge in [-0.25, -0.2) is 8.78 Å². The zero-order valence-corrected chi connectivity index (χ0v) is 9.45.